The number of hydrogen-bond donors (Lipinski definition) is 1. The molecule has 0 bridgehead atoms. The molecule has 1 aromatic heterocycles. The number of carbonyl (C=O) groups is 2. The predicted octanol–water partition coefficient (Wildman–Crippen LogP) is 1.40. The molecule has 148 valence electrons. The summed E-state index contributed by atoms with van der Waals surface area (Å²) < 4.78 is 10.4. The summed E-state index contributed by atoms with van der Waals surface area (Å²) in [5.41, 5.74) is 0.976. The number of piperidine rings is 1. The Morgan fingerprint density at radius 2 is 1.96 bits per heavy atom. The average molecular weight is 376 g/mol. The molecule has 0 unspecified atom stereocenters. The number of rotatable bonds is 5. The fraction of sp³-hybridized carbons (Fsp3) is 0.632. The number of aromatic nitrogens is 1. The normalized spacial score (nSPS) is 18.3. The van der Waals surface area contributed by atoms with Crippen molar-refractivity contribution >= 4 is 17.8 Å². The van der Waals surface area contributed by atoms with Gasteiger partial charge in [-0.3, -0.25) is 4.79 Å². The number of ether oxygens (including phenoxy) is 2. The fourth-order valence-electron chi connectivity index (χ4n) is 3.37. The number of morpholine rings is 1. The number of hydrogen-bond acceptors (Lipinski definition) is 6. The van der Waals surface area contributed by atoms with Gasteiger partial charge >= 0.3 is 6.09 Å². The summed E-state index contributed by atoms with van der Waals surface area (Å²) in [6.07, 6.45) is 2.86. The van der Waals surface area contributed by atoms with Gasteiger partial charge in [-0.05, 0) is 31.4 Å². The molecule has 27 heavy (non-hydrogen) atoms. The molecule has 1 aromatic rings. The topological polar surface area (TPSA) is 84.0 Å². The molecule has 0 aromatic carbocycles. The number of nitrogens with one attached hydrogen (secondary N) is 1. The van der Waals surface area contributed by atoms with E-state index in [1.165, 1.54) is 0 Å². The number of nitrogens with zero attached hydrogens (tertiary/aromatic N) is 3. The van der Waals surface area contributed by atoms with Crippen LogP contribution in [0.4, 0.5) is 10.6 Å². The quantitative estimate of drug-likeness (QED) is 0.836. The van der Waals surface area contributed by atoms with Gasteiger partial charge in [0.15, 0.2) is 0 Å². The van der Waals surface area contributed by atoms with Crippen LogP contribution in [0.3, 0.4) is 0 Å². The minimum Gasteiger partial charge on any atom is -0.450 e. The molecular weight excluding hydrogens is 348 g/mol. The molecule has 0 atom stereocenters. The zero-order valence-corrected chi connectivity index (χ0v) is 15.9. The summed E-state index contributed by atoms with van der Waals surface area (Å²) in [7, 11) is 0. The Labute approximate surface area is 159 Å². The van der Waals surface area contributed by atoms with E-state index in [0.29, 0.717) is 39.1 Å². The maximum absolute atomic E-state index is 12.4. The van der Waals surface area contributed by atoms with E-state index in [1.54, 1.807) is 11.8 Å². The van der Waals surface area contributed by atoms with E-state index in [9.17, 15) is 9.59 Å². The molecule has 1 N–H and O–H groups in total. The molecular formula is C19H28N4O4. The summed E-state index contributed by atoms with van der Waals surface area (Å²) in [5.74, 6) is 0.923. The van der Waals surface area contributed by atoms with Crippen molar-refractivity contribution in [3.63, 3.8) is 0 Å². The zero-order valence-electron chi connectivity index (χ0n) is 15.9. The number of carbonyl (C=O) groups excluding carboxylic acids is 2. The number of likely N-dealkylation sites (tertiary alicyclic amines) is 1. The van der Waals surface area contributed by atoms with Crippen molar-refractivity contribution in [2.45, 2.75) is 26.3 Å². The highest BCUT2D eigenvalue weighted by atomic mass is 16.6. The van der Waals surface area contributed by atoms with Crippen molar-refractivity contribution in [1.82, 2.24) is 15.2 Å². The minimum absolute atomic E-state index is 0.0377. The Kier molecular flexibility index (Phi) is 6.86. The van der Waals surface area contributed by atoms with Gasteiger partial charge in [0.05, 0.1) is 19.8 Å². The maximum Gasteiger partial charge on any atom is 0.409 e. The molecule has 2 saturated heterocycles. The van der Waals surface area contributed by atoms with E-state index < -0.39 is 0 Å². The Morgan fingerprint density at radius 1 is 1.22 bits per heavy atom. The van der Waals surface area contributed by atoms with Crippen LogP contribution in [0, 0.1) is 5.92 Å². The smallest absolute Gasteiger partial charge is 0.409 e. The summed E-state index contributed by atoms with van der Waals surface area (Å²) in [6.45, 7) is 6.93. The molecule has 0 saturated carbocycles. The zero-order chi connectivity index (χ0) is 19.1. The molecule has 3 rings (SSSR count). The third kappa shape index (κ3) is 5.32. The van der Waals surface area contributed by atoms with Crippen LogP contribution in [-0.4, -0.2) is 67.9 Å². The lowest BCUT2D eigenvalue weighted by atomic mass is 9.96. The minimum atomic E-state index is -0.289. The first-order valence-corrected chi connectivity index (χ1v) is 9.64. The number of anilines is 1. The van der Waals surface area contributed by atoms with Crippen LogP contribution < -0.4 is 10.2 Å². The Morgan fingerprint density at radius 3 is 2.59 bits per heavy atom. The summed E-state index contributed by atoms with van der Waals surface area (Å²) in [4.78, 5) is 32.5. The van der Waals surface area contributed by atoms with Gasteiger partial charge in [0.1, 0.15) is 5.82 Å². The molecule has 0 spiro atoms. The van der Waals surface area contributed by atoms with Crippen LogP contribution in [0.1, 0.15) is 25.3 Å². The van der Waals surface area contributed by atoms with Gasteiger partial charge in [-0.1, -0.05) is 6.07 Å². The number of pyridine rings is 1. The van der Waals surface area contributed by atoms with Gasteiger partial charge in [0, 0.05) is 44.8 Å². The van der Waals surface area contributed by atoms with Gasteiger partial charge in [-0.15, -0.1) is 0 Å². The third-order valence-electron chi connectivity index (χ3n) is 5.00. The molecule has 2 amide bonds. The van der Waals surface area contributed by atoms with Crippen molar-refractivity contribution in [2.24, 2.45) is 5.92 Å². The molecule has 2 aliphatic rings. The average Bonchev–Trinajstić information content (AvgIpc) is 2.73. The van der Waals surface area contributed by atoms with E-state index in [2.05, 4.69) is 15.2 Å². The van der Waals surface area contributed by atoms with E-state index >= 15 is 0 Å². The van der Waals surface area contributed by atoms with Crippen molar-refractivity contribution in [1.29, 1.82) is 0 Å². The van der Waals surface area contributed by atoms with Crippen LogP contribution in [0.15, 0.2) is 18.3 Å². The van der Waals surface area contributed by atoms with E-state index in [-0.39, 0.29) is 17.9 Å². The van der Waals surface area contributed by atoms with Crippen molar-refractivity contribution in [2.75, 3.05) is 50.9 Å². The highest BCUT2D eigenvalue weighted by molar-refractivity contribution is 5.79. The van der Waals surface area contributed by atoms with E-state index in [0.717, 1.165) is 37.7 Å². The van der Waals surface area contributed by atoms with Crippen molar-refractivity contribution < 1.29 is 19.1 Å². The Bertz CT molecular complexity index is 623. The SMILES string of the molecule is CCOC(=O)N1CCC(C(=O)NCc2ccc(N3CCOCC3)nc2)CC1. The molecule has 0 aliphatic carbocycles. The van der Waals surface area contributed by atoms with Crippen molar-refractivity contribution in [3.8, 4) is 0 Å². The second-order valence-electron chi connectivity index (χ2n) is 6.80. The molecule has 2 aliphatic heterocycles. The largest absolute Gasteiger partial charge is 0.450 e. The van der Waals surface area contributed by atoms with Gasteiger partial charge in [0.2, 0.25) is 5.91 Å². The summed E-state index contributed by atoms with van der Waals surface area (Å²) >= 11 is 0. The predicted molar refractivity (Wildman–Crippen MR) is 100 cm³/mol. The monoisotopic (exact) mass is 376 g/mol. The van der Waals surface area contributed by atoms with Gasteiger partial charge in [-0.2, -0.15) is 0 Å². The van der Waals surface area contributed by atoms with Crippen LogP contribution in [0.5, 0.6) is 0 Å². The van der Waals surface area contributed by atoms with Gasteiger partial charge in [0.25, 0.3) is 0 Å². The first kappa shape index (κ1) is 19.4. The molecule has 0 radical (unpaired) electrons. The van der Waals surface area contributed by atoms with Crippen LogP contribution in [0.2, 0.25) is 0 Å². The fourth-order valence-corrected chi connectivity index (χ4v) is 3.37. The molecule has 8 heteroatoms. The standard InChI is InChI=1S/C19H28N4O4/c1-2-27-19(25)23-7-5-16(6-8-23)18(24)21-14-15-3-4-17(20-13-15)22-9-11-26-12-10-22/h3-4,13,16H,2,5-12,14H2,1H3,(H,21,24). The summed E-state index contributed by atoms with van der Waals surface area (Å²) in [5, 5.41) is 2.99. The highest BCUT2D eigenvalue weighted by Gasteiger charge is 2.27. The summed E-state index contributed by atoms with van der Waals surface area (Å²) in [6, 6.07) is 3.99. The van der Waals surface area contributed by atoms with Crippen LogP contribution in [0.25, 0.3) is 0 Å². The lowest BCUT2D eigenvalue weighted by molar-refractivity contribution is -0.126. The van der Waals surface area contributed by atoms with Gasteiger partial charge in [-0.25, -0.2) is 9.78 Å². The van der Waals surface area contributed by atoms with Gasteiger partial charge < -0.3 is 24.6 Å². The molecule has 3 heterocycles. The first-order chi connectivity index (χ1) is 13.2. The molecule has 8 nitrogen and oxygen atoms in total. The Balaban J connectivity index is 1.42. The van der Waals surface area contributed by atoms with E-state index in [4.69, 9.17) is 9.47 Å². The lowest BCUT2D eigenvalue weighted by Crippen LogP contribution is -2.43. The maximum atomic E-state index is 12.4. The lowest BCUT2D eigenvalue weighted by Gasteiger charge is -2.30. The second kappa shape index (κ2) is 9.55. The molecule has 2 fully saturated rings. The van der Waals surface area contributed by atoms with E-state index in [1.807, 2.05) is 18.3 Å². The van der Waals surface area contributed by atoms with Crippen molar-refractivity contribution in [3.05, 3.63) is 23.9 Å². The second-order valence-corrected chi connectivity index (χ2v) is 6.80. The Hall–Kier alpha value is -2.35. The van der Waals surface area contributed by atoms with Crippen LogP contribution >= 0.6 is 0 Å². The third-order valence-corrected chi connectivity index (χ3v) is 5.00. The number of amides is 2. The first-order valence-electron chi connectivity index (χ1n) is 9.64. The highest BCUT2D eigenvalue weighted by Crippen LogP contribution is 2.18. The van der Waals surface area contributed by atoms with Crippen LogP contribution in [-0.2, 0) is 20.8 Å².